The SMILES string of the molecule is CC(Nc1cc(Br)ccc1Br)c1sccc1Br. The molecule has 0 aliphatic carbocycles. The lowest BCUT2D eigenvalue weighted by Crippen LogP contribution is -2.05. The van der Waals surface area contributed by atoms with Gasteiger partial charge in [-0.2, -0.15) is 0 Å². The Morgan fingerprint density at radius 1 is 1.12 bits per heavy atom. The monoisotopic (exact) mass is 437 g/mol. The van der Waals surface area contributed by atoms with Gasteiger partial charge in [-0.05, 0) is 68.4 Å². The smallest absolute Gasteiger partial charge is 0.0590 e. The average molecular weight is 440 g/mol. The molecule has 2 aromatic rings. The molecule has 0 radical (unpaired) electrons. The van der Waals surface area contributed by atoms with Crippen molar-refractivity contribution in [2.24, 2.45) is 0 Å². The summed E-state index contributed by atoms with van der Waals surface area (Å²) in [6.45, 7) is 2.16. The highest BCUT2D eigenvalue weighted by atomic mass is 79.9. The molecule has 0 bridgehead atoms. The average Bonchev–Trinajstić information content (AvgIpc) is 2.70. The van der Waals surface area contributed by atoms with Gasteiger partial charge in [-0.15, -0.1) is 11.3 Å². The van der Waals surface area contributed by atoms with Gasteiger partial charge in [-0.25, -0.2) is 0 Å². The summed E-state index contributed by atoms with van der Waals surface area (Å²) in [5.74, 6) is 0. The summed E-state index contributed by atoms with van der Waals surface area (Å²) in [5, 5.41) is 5.59. The summed E-state index contributed by atoms with van der Waals surface area (Å²) < 4.78 is 3.30. The van der Waals surface area contributed by atoms with Gasteiger partial charge in [0.25, 0.3) is 0 Å². The molecule has 0 spiro atoms. The van der Waals surface area contributed by atoms with Crippen LogP contribution in [0.2, 0.25) is 0 Å². The Morgan fingerprint density at radius 3 is 2.53 bits per heavy atom. The first-order chi connectivity index (χ1) is 8.08. The largest absolute Gasteiger partial charge is 0.377 e. The zero-order valence-electron chi connectivity index (χ0n) is 9.01. The van der Waals surface area contributed by atoms with Crippen LogP contribution in [0.15, 0.2) is 43.1 Å². The topological polar surface area (TPSA) is 12.0 Å². The van der Waals surface area contributed by atoms with Crippen molar-refractivity contribution in [3.63, 3.8) is 0 Å². The molecule has 0 aliphatic heterocycles. The molecule has 1 aromatic carbocycles. The van der Waals surface area contributed by atoms with Crippen molar-refractivity contribution >= 4 is 64.8 Å². The van der Waals surface area contributed by atoms with Crippen molar-refractivity contribution < 1.29 is 0 Å². The maximum atomic E-state index is 3.56. The highest BCUT2D eigenvalue weighted by molar-refractivity contribution is 9.11. The first-order valence-electron chi connectivity index (χ1n) is 5.02. The Hall–Kier alpha value is 0.160. The summed E-state index contributed by atoms with van der Waals surface area (Å²) in [4.78, 5) is 1.30. The van der Waals surface area contributed by atoms with Gasteiger partial charge in [-0.1, -0.05) is 15.9 Å². The first-order valence-corrected chi connectivity index (χ1v) is 8.28. The van der Waals surface area contributed by atoms with E-state index in [-0.39, 0.29) is 6.04 Å². The highest BCUT2D eigenvalue weighted by Crippen LogP contribution is 2.34. The lowest BCUT2D eigenvalue weighted by atomic mass is 10.2. The van der Waals surface area contributed by atoms with Gasteiger partial charge in [0.2, 0.25) is 0 Å². The van der Waals surface area contributed by atoms with Crippen LogP contribution in [0.3, 0.4) is 0 Å². The Morgan fingerprint density at radius 2 is 1.88 bits per heavy atom. The van der Waals surface area contributed by atoms with Gasteiger partial charge >= 0.3 is 0 Å². The standard InChI is InChI=1S/C12H10Br3NS/c1-7(12-10(15)4-5-17-12)16-11-6-8(13)2-3-9(11)14/h2-7,16H,1H3. The fourth-order valence-electron chi connectivity index (χ4n) is 1.52. The van der Waals surface area contributed by atoms with Gasteiger partial charge in [0.1, 0.15) is 0 Å². The molecule has 17 heavy (non-hydrogen) atoms. The lowest BCUT2D eigenvalue weighted by molar-refractivity contribution is 0.901. The van der Waals surface area contributed by atoms with E-state index >= 15 is 0 Å². The molecule has 0 saturated carbocycles. The minimum atomic E-state index is 0.273. The fourth-order valence-corrected chi connectivity index (χ4v) is 3.97. The van der Waals surface area contributed by atoms with Crippen LogP contribution in [-0.4, -0.2) is 0 Å². The molecular weight excluding hydrogens is 430 g/mol. The van der Waals surface area contributed by atoms with Gasteiger partial charge in [0.15, 0.2) is 0 Å². The third kappa shape index (κ3) is 3.34. The molecule has 1 unspecified atom stereocenters. The molecule has 90 valence electrons. The second-order valence-corrected chi connectivity index (χ2v) is 7.20. The van der Waals surface area contributed by atoms with Crippen LogP contribution in [0.25, 0.3) is 0 Å². The number of rotatable bonds is 3. The quantitative estimate of drug-likeness (QED) is 0.599. The van der Waals surface area contributed by atoms with Gasteiger partial charge < -0.3 is 5.32 Å². The van der Waals surface area contributed by atoms with Gasteiger partial charge in [0.05, 0.1) is 11.7 Å². The van der Waals surface area contributed by atoms with Crippen molar-refractivity contribution in [3.8, 4) is 0 Å². The van der Waals surface area contributed by atoms with Crippen molar-refractivity contribution in [1.82, 2.24) is 0 Å². The van der Waals surface area contributed by atoms with Crippen LogP contribution in [0.1, 0.15) is 17.8 Å². The third-order valence-electron chi connectivity index (χ3n) is 2.34. The van der Waals surface area contributed by atoms with Crippen molar-refractivity contribution in [2.45, 2.75) is 13.0 Å². The van der Waals surface area contributed by atoms with Crippen LogP contribution >= 0.6 is 59.1 Å². The van der Waals surface area contributed by atoms with Gasteiger partial charge in [0, 0.05) is 18.3 Å². The maximum absolute atomic E-state index is 3.56. The molecule has 0 saturated heterocycles. The van der Waals surface area contributed by atoms with Crippen LogP contribution in [0, 0.1) is 0 Å². The Bertz CT molecular complexity index is 524. The Kier molecular flexibility index (Phi) is 4.69. The first kappa shape index (κ1) is 13.6. The molecule has 0 aliphatic rings. The number of benzene rings is 1. The van der Waals surface area contributed by atoms with E-state index in [1.807, 2.05) is 12.1 Å². The van der Waals surface area contributed by atoms with Crippen molar-refractivity contribution in [2.75, 3.05) is 5.32 Å². The van der Waals surface area contributed by atoms with Crippen LogP contribution in [0.4, 0.5) is 5.69 Å². The van der Waals surface area contributed by atoms with E-state index in [0.717, 1.165) is 19.1 Å². The number of thiophene rings is 1. The zero-order valence-corrected chi connectivity index (χ0v) is 14.6. The highest BCUT2D eigenvalue weighted by Gasteiger charge is 2.12. The minimum Gasteiger partial charge on any atom is -0.377 e. The van der Waals surface area contributed by atoms with Crippen molar-refractivity contribution in [1.29, 1.82) is 0 Å². The van der Waals surface area contributed by atoms with E-state index in [0.29, 0.717) is 0 Å². The predicted molar refractivity (Wildman–Crippen MR) is 85.9 cm³/mol. The van der Waals surface area contributed by atoms with Crippen LogP contribution < -0.4 is 5.32 Å². The van der Waals surface area contributed by atoms with E-state index in [9.17, 15) is 0 Å². The zero-order chi connectivity index (χ0) is 12.4. The van der Waals surface area contributed by atoms with Crippen LogP contribution in [0.5, 0.6) is 0 Å². The van der Waals surface area contributed by atoms with Crippen LogP contribution in [-0.2, 0) is 0 Å². The molecule has 1 atom stereocenters. The second-order valence-electron chi connectivity index (χ2n) is 3.62. The minimum absolute atomic E-state index is 0.273. The van der Waals surface area contributed by atoms with E-state index in [4.69, 9.17) is 0 Å². The molecule has 0 amide bonds. The number of nitrogens with one attached hydrogen (secondary N) is 1. The number of halogens is 3. The Balaban J connectivity index is 2.21. The molecule has 1 heterocycles. The van der Waals surface area contributed by atoms with E-state index in [1.54, 1.807) is 11.3 Å². The molecule has 5 heteroatoms. The summed E-state index contributed by atoms with van der Waals surface area (Å²) in [6, 6.07) is 8.47. The third-order valence-corrected chi connectivity index (χ3v) is 5.58. The molecular formula is C12H10Br3NS. The summed E-state index contributed by atoms with van der Waals surface area (Å²) in [5.41, 5.74) is 1.09. The number of hydrogen-bond donors (Lipinski definition) is 1. The Labute approximate surface area is 130 Å². The predicted octanol–water partition coefficient (Wildman–Crippen LogP) is 6.21. The van der Waals surface area contributed by atoms with E-state index in [2.05, 4.69) is 77.5 Å². The molecule has 2 rings (SSSR count). The summed E-state index contributed by atoms with van der Waals surface area (Å²) >= 11 is 12.3. The normalized spacial score (nSPS) is 12.5. The second kappa shape index (κ2) is 5.87. The molecule has 0 fully saturated rings. The van der Waals surface area contributed by atoms with Gasteiger partial charge in [-0.3, -0.25) is 0 Å². The number of anilines is 1. The fraction of sp³-hybridized carbons (Fsp3) is 0.167. The lowest BCUT2D eigenvalue weighted by Gasteiger charge is -2.16. The van der Waals surface area contributed by atoms with E-state index in [1.165, 1.54) is 4.88 Å². The van der Waals surface area contributed by atoms with Crippen molar-refractivity contribution in [3.05, 3.63) is 47.9 Å². The van der Waals surface area contributed by atoms with E-state index < -0.39 is 0 Å². The molecule has 1 nitrogen and oxygen atoms in total. The summed E-state index contributed by atoms with van der Waals surface area (Å²) in [7, 11) is 0. The number of hydrogen-bond acceptors (Lipinski definition) is 2. The maximum Gasteiger partial charge on any atom is 0.0590 e. The summed E-state index contributed by atoms with van der Waals surface area (Å²) in [6.07, 6.45) is 0. The molecule has 1 aromatic heterocycles. The molecule has 1 N–H and O–H groups in total.